The molecule has 1 unspecified atom stereocenters. The number of pyridine rings is 1. The summed E-state index contributed by atoms with van der Waals surface area (Å²) >= 11 is 0. The van der Waals surface area contributed by atoms with Crippen LogP contribution in [0.1, 0.15) is 46.6 Å². The first kappa shape index (κ1) is 19.8. The van der Waals surface area contributed by atoms with E-state index in [0.717, 1.165) is 34.9 Å². The van der Waals surface area contributed by atoms with Gasteiger partial charge in [0.05, 0.1) is 24.4 Å². The molecular weight excluding hydrogens is 422 g/mol. The van der Waals surface area contributed by atoms with Gasteiger partial charge in [-0.05, 0) is 67.0 Å². The highest BCUT2D eigenvalue weighted by atomic mass is 16.5. The third kappa shape index (κ3) is 2.92. The summed E-state index contributed by atoms with van der Waals surface area (Å²) in [6.07, 6.45) is 2.30. The zero-order chi connectivity index (χ0) is 22.9. The Morgan fingerprint density at radius 2 is 1.88 bits per heavy atom. The van der Waals surface area contributed by atoms with Crippen LogP contribution in [0, 0.1) is 6.92 Å². The van der Waals surface area contributed by atoms with E-state index in [1.165, 1.54) is 0 Å². The second kappa shape index (κ2) is 7.07. The first-order valence-corrected chi connectivity index (χ1v) is 11.0. The number of methoxy groups -OCH3 is 1. The van der Waals surface area contributed by atoms with Gasteiger partial charge >= 0.3 is 11.6 Å². The summed E-state index contributed by atoms with van der Waals surface area (Å²) in [5.41, 5.74) is 4.16. The first-order valence-electron chi connectivity index (χ1n) is 11.0. The van der Waals surface area contributed by atoms with E-state index >= 15 is 0 Å². The highest BCUT2D eigenvalue weighted by molar-refractivity contribution is 5.95. The number of rotatable bonds is 2. The van der Waals surface area contributed by atoms with Crippen molar-refractivity contribution in [3.05, 3.63) is 78.9 Å². The maximum absolute atomic E-state index is 13.1. The topological polar surface area (TPSA) is 98.6 Å². The maximum Gasteiger partial charge on any atom is 0.339 e. The molecule has 3 heterocycles. The number of aryl methyl sites for hydroxylation is 2. The number of aromatic nitrogens is 1. The summed E-state index contributed by atoms with van der Waals surface area (Å²) in [5.74, 6) is 0.189. The molecule has 2 aromatic heterocycles. The number of ether oxygens (including phenoxy) is 2. The number of hydrogen-bond acceptors (Lipinski definition) is 6. The molecule has 7 heteroatoms. The van der Waals surface area contributed by atoms with Gasteiger partial charge in [-0.25, -0.2) is 4.79 Å². The Balaban J connectivity index is 1.63. The van der Waals surface area contributed by atoms with Gasteiger partial charge in [-0.1, -0.05) is 0 Å². The first-order chi connectivity index (χ1) is 15.9. The summed E-state index contributed by atoms with van der Waals surface area (Å²) in [4.78, 5) is 41.3. The predicted octanol–water partition coefficient (Wildman–Crippen LogP) is 3.88. The van der Waals surface area contributed by atoms with Crippen LogP contribution in [0.4, 0.5) is 0 Å². The standard InChI is InChI=1S/C26H21NO6/c1-12-8-20-23(15-4-3-5-16(15)26(30)32-20)24-22(12)17(11-21(28)33-24)18-9-13-6-7-14(31-2)10-19(13)27-25(18)29/h6-10,17H,3-5,11H2,1-2H3,(H,27,29). The van der Waals surface area contributed by atoms with Crippen molar-refractivity contribution in [2.75, 3.05) is 7.11 Å². The number of benzene rings is 2. The molecule has 1 aliphatic heterocycles. The van der Waals surface area contributed by atoms with Gasteiger partial charge in [0.2, 0.25) is 0 Å². The molecule has 0 radical (unpaired) electrons. The largest absolute Gasteiger partial charge is 0.497 e. The molecule has 33 heavy (non-hydrogen) atoms. The van der Waals surface area contributed by atoms with Crippen LogP contribution in [-0.4, -0.2) is 18.1 Å². The van der Waals surface area contributed by atoms with Crippen molar-refractivity contribution < 1.29 is 18.7 Å². The van der Waals surface area contributed by atoms with E-state index in [-0.39, 0.29) is 17.6 Å². The summed E-state index contributed by atoms with van der Waals surface area (Å²) < 4.78 is 16.6. The van der Waals surface area contributed by atoms with E-state index in [0.29, 0.717) is 45.5 Å². The number of aromatic amines is 1. The molecule has 1 aliphatic carbocycles. The predicted molar refractivity (Wildman–Crippen MR) is 122 cm³/mol. The summed E-state index contributed by atoms with van der Waals surface area (Å²) in [5, 5.41) is 1.53. The van der Waals surface area contributed by atoms with Crippen molar-refractivity contribution in [3.63, 3.8) is 0 Å². The molecule has 7 nitrogen and oxygen atoms in total. The Kier molecular flexibility index (Phi) is 4.24. The van der Waals surface area contributed by atoms with E-state index in [1.807, 2.05) is 31.2 Å². The molecule has 2 aromatic carbocycles. The van der Waals surface area contributed by atoms with Gasteiger partial charge in [0, 0.05) is 28.7 Å². The van der Waals surface area contributed by atoms with Crippen LogP contribution in [0.25, 0.3) is 21.9 Å². The fraction of sp³-hybridized carbons (Fsp3) is 0.269. The van der Waals surface area contributed by atoms with E-state index in [2.05, 4.69) is 4.98 Å². The van der Waals surface area contributed by atoms with Gasteiger partial charge in [-0.15, -0.1) is 0 Å². The fourth-order valence-electron chi connectivity index (χ4n) is 5.36. The Bertz CT molecular complexity index is 1610. The molecule has 0 saturated carbocycles. The Morgan fingerprint density at radius 3 is 2.70 bits per heavy atom. The molecule has 0 bridgehead atoms. The third-order valence-electron chi connectivity index (χ3n) is 6.85. The van der Waals surface area contributed by atoms with E-state index in [1.54, 1.807) is 13.2 Å². The van der Waals surface area contributed by atoms with Crippen molar-refractivity contribution in [1.82, 2.24) is 4.98 Å². The highest BCUT2D eigenvalue weighted by Gasteiger charge is 2.35. The molecule has 0 saturated heterocycles. The highest BCUT2D eigenvalue weighted by Crippen LogP contribution is 2.46. The molecule has 1 N–H and O–H groups in total. The number of carbonyl (C=O) groups excluding carboxylic acids is 1. The number of hydrogen-bond donors (Lipinski definition) is 1. The number of carbonyl (C=O) groups is 1. The molecule has 2 aliphatic rings. The smallest absolute Gasteiger partial charge is 0.339 e. The van der Waals surface area contributed by atoms with Gasteiger partial charge in [-0.3, -0.25) is 9.59 Å². The molecule has 0 amide bonds. The lowest BCUT2D eigenvalue weighted by atomic mass is 9.82. The molecule has 4 aromatic rings. The molecule has 0 fully saturated rings. The average Bonchev–Trinajstić information content (AvgIpc) is 3.28. The summed E-state index contributed by atoms with van der Waals surface area (Å²) in [6.45, 7) is 1.89. The minimum Gasteiger partial charge on any atom is -0.497 e. The summed E-state index contributed by atoms with van der Waals surface area (Å²) in [7, 11) is 1.57. The van der Waals surface area contributed by atoms with Crippen molar-refractivity contribution in [2.24, 2.45) is 0 Å². The Morgan fingerprint density at radius 1 is 1.06 bits per heavy atom. The van der Waals surface area contributed by atoms with Crippen LogP contribution in [0.3, 0.4) is 0 Å². The summed E-state index contributed by atoms with van der Waals surface area (Å²) in [6, 6.07) is 9.13. The fourth-order valence-corrected chi connectivity index (χ4v) is 5.36. The number of fused-ring (bicyclic) bond motifs is 6. The molecular formula is C26H21NO6. The van der Waals surface area contributed by atoms with Gasteiger partial charge in [0.15, 0.2) is 0 Å². The normalized spacial score (nSPS) is 17.2. The van der Waals surface area contributed by atoms with Crippen LogP contribution < -0.4 is 20.7 Å². The van der Waals surface area contributed by atoms with Crippen molar-refractivity contribution in [1.29, 1.82) is 0 Å². The van der Waals surface area contributed by atoms with E-state index in [4.69, 9.17) is 13.9 Å². The second-order valence-corrected chi connectivity index (χ2v) is 8.75. The SMILES string of the molecule is COc1ccc2cc(C3CC(=O)Oc4c3c(C)cc3oc(=O)c5c(c43)CCC5)c(=O)[nH]c2c1. The number of nitrogens with one attached hydrogen (secondary N) is 1. The molecule has 1 atom stereocenters. The second-order valence-electron chi connectivity index (χ2n) is 8.75. The van der Waals surface area contributed by atoms with Gasteiger partial charge in [0.1, 0.15) is 17.1 Å². The van der Waals surface area contributed by atoms with Crippen LogP contribution in [0.5, 0.6) is 11.5 Å². The minimum absolute atomic E-state index is 0.0586. The van der Waals surface area contributed by atoms with Gasteiger partial charge in [-0.2, -0.15) is 0 Å². The van der Waals surface area contributed by atoms with Crippen LogP contribution in [0.15, 0.2) is 44.3 Å². The number of esters is 1. The lowest BCUT2D eigenvalue weighted by Crippen LogP contribution is -2.27. The minimum atomic E-state index is -0.468. The Labute approximate surface area is 187 Å². The molecule has 166 valence electrons. The van der Waals surface area contributed by atoms with E-state index in [9.17, 15) is 14.4 Å². The maximum atomic E-state index is 13.1. The zero-order valence-electron chi connectivity index (χ0n) is 18.2. The number of H-pyrrole nitrogens is 1. The average molecular weight is 443 g/mol. The van der Waals surface area contributed by atoms with Crippen LogP contribution in [0.2, 0.25) is 0 Å². The van der Waals surface area contributed by atoms with Crippen molar-refractivity contribution >= 4 is 27.8 Å². The lowest BCUT2D eigenvalue weighted by molar-refractivity contribution is -0.135. The zero-order valence-corrected chi connectivity index (χ0v) is 18.2. The third-order valence-corrected chi connectivity index (χ3v) is 6.85. The van der Waals surface area contributed by atoms with Crippen LogP contribution in [-0.2, 0) is 17.6 Å². The monoisotopic (exact) mass is 443 g/mol. The molecule has 0 spiro atoms. The van der Waals surface area contributed by atoms with Gasteiger partial charge < -0.3 is 18.9 Å². The Hall–Kier alpha value is -3.87. The quantitative estimate of drug-likeness (QED) is 0.287. The lowest BCUT2D eigenvalue weighted by Gasteiger charge is -2.28. The van der Waals surface area contributed by atoms with E-state index < -0.39 is 11.9 Å². The van der Waals surface area contributed by atoms with Gasteiger partial charge in [0.25, 0.3) is 5.56 Å². The van der Waals surface area contributed by atoms with Crippen molar-refractivity contribution in [3.8, 4) is 11.5 Å². The molecule has 6 rings (SSSR count). The van der Waals surface area contributed by atoms with Crippen LogP contribution >= 0.6 is 0 Å². The van der Waals surface area contributed by atoms with Crippen molar-refractivity contribution in [2.45, 2.75) is 38.5 Å².